The molecule has 0 aromatic carbocycles. The molecule has 1 N–H and O–H groups in total. The average Bonchev–Trinajstić information content (AvgIpc) is 3.04. The van der Waals surface area contributed by atoms with Crippen LogP contribution < -0.4 is 5.32 Å². The molecule has 2 heterocycles. The summed E-state index contributed by atoms with van der Waals surface area (Å²) in [6, 6.07) is 2.39. The lowest BCUT2D eigenvalue weighted by Crippen LogP contribution is -2.31. The molecule has 0 unspecified atom stereocenters. The Morgan fingerprint density at radius 3 is 2.73 bits per heavy atom. The SMILES string of the molecule is Cc1c(Cl)c(C(F)(F)F)nn1[C@@H](C)C(=O)NCc1ccco1. The van der Waals surface area contributed by atoms with E-state index in [0.29, 0.717) is 5.76 Å². The Morgan fingerprint density at radius 1 is 1.55 bits per heavy atom. The van der Waals surface area contributed by atoms with Crippen LogP contribution in [-0.4, -0.2) is 15.7 Å². The van der Waals surface area contributed by atoms with Crippen LogP contribution in [0.5, 0.6) is 0 Å². The molecule has 0 fully saturated rings. The second-order valence-corrected chi connectivity index (χ2v) is 5.04. The maximum Gasteiger partial charge on any atom is 0.436 e. The maximum atomic E-state index is 12.8. The van der Waals surface area contributed by atoms with Gasteiger partial charge >= 0.3 is 6.18 Å². The summed E-state index contributed by atoms with van der Waals surface area (Å²) < 4.78 is 44.3. The van der Waals surface area contributed by atoms with E-state index in [-0.39, 0.29) is 12.2 Å². The van der Waals surface area contributed by atoms with Gasteiger partial charge in [-0.15, -0.1) is 0 Å². The summed E-state index contributed by atoms with van der Waals surface area (Å²) in [6.45, 7) is 2.95. The summed E-state index contributed by atoms with van der Waals surface area (Å²) in [7, 11) is 0. The third-order valence-electron chi connectivity index (χ3n) is 3.11. The number of halogens is 4. The van der Waals surface area contributed by atoms with Gasteiger partial charge in [0.1, 0.15) is 11.8 Å². The van der Waals surface area contributed by atoms with Crippen molar-refractivity contribution in [3.05, 3.63) is 40.6 Å². The molecule has 9 heteroatoms. The Bertz CT molecular complexity index is 665. The lowest BCUT2D eigenvalue weighted by Gasteiger charge is -2.14. The minimum absolute atomic E-state index is 0.0784. The molecule has 120 valence electrons. The largest absolute Gasteiger partial charge is 0.467 e. The molecule has 0 saturated carbocycles. The van der Waals surface area contributed by atoms with Gasteiger partial charge in [-0.3, -0.25) is 9.48 Å². The standard InChI is InChI=1S/C13H13ClF3N3O2/c1-7-10(14)11(13(15,16)17)19-20(7)8(2)12(21)18-6-9-4-3-5-22-9/h3-5,8H,6H2,1-2H3,(H,18,21)/t8-/m0/s1. The third-order valence-corrected chi connectivity index (χ3v) is 3.56. The Balaban J connectivity index is 2.15. The molecule has 0 spiro atoms. The van der Waals surface area contributed by atoms with Gasteiger partial charge in [-0.1, -0.05) is 11.6 Å². The number of hydrogen-bond donors (Lipinski definition) is 1. The van der Waals surface area contributed by atoms with Gasteiger partial charge in [0.15, 0.2) is 5.69 Å². The molecular formula is C13H13ClF3N3O2. The second-order valence-electron chi connectivity index (χ2n) is 4.66. The van der Waals surface area contributed by atoms with Crippen LogP contribution >= 0.6 is 11.6 Å². The van der Waals surface area contributed by atoms with E-state index >= 15 is 0 Å². The first-order valence-corrected chi connectivity index (χ1v) is 6.71. The van der Waals surface area contributed by atoms with Crippen LogP contribution in [0, 0.1) is 6.92 Å². The maximum absolute atomic E-state index is 12.8. The number of amides is 1. The first-order valence-electron chi connectivity index (χ1n) is 6.33. The summed E-state index contributed by atoms with van der Waals surface area (Å²) >= 11 is 5.66. The molecule has 1 atom stereocenters. The van der Waals surface area contributed by atoms with E-state index in [1.165, 1.54) is 20.1 Å². The highest BCUT2D eigenvalue weighted by Gasteiger charge is 2.39. The number of rotatable bonds is 4. The monoisotopic (exact) mass is 335 g/mol. The zero-order chi connectivity index (χ0) is 16.5. The number of hydrogen-bond acceptors (Lipinski definition) is 3. The van der Waals surface area contributed by atoms with Crippen molar-refractivity contribution in [1.29, 1.82) is 0 Å². The van der Waals surface area contributed by atoms with Gasteiger partial charge in [-0.2, -0.15) is 18.3 Å². The van der Waals surface area contributed by atoms with Crippen molar-refractivity contribution in [1.82, 2.24) is 15.1 Å². The van der Waals surface area contributed by atoms with Gasteiger partial charge < -0.3 is 9.73 Å². The number of carbonyl (C=O) groups excluding carboxylic acids is 1. The summed E-state index contributed by atoms with van der Waals surface area (Å²) in [4.78, 5) is 12.0. The van der Waals surface area contributed by atoms with Crippen molar-refractivity contribution in [3.8, 4) is 0 Å². The molecule has 2 rings (SSSR count). The lowest BCUT2D eigenvalue weighted by atomic mass is 10.3. The molecule has 0 bridgehead atoms. The Hall–Kier alpha value is -1.96. The van der Waals surface area contributed by atoms with E-state index in [2.05, 4.69) is 10.4 Å². The molecule has 0 aliphatic heterocycles. The Labute approximate surface area is 129 Å². The highest BCUT2D eigenvalue weighted by atomic mass is 35.5. The molecule has 0 aliphatic carbocycles. The zero-order valence-corrected chi connectivity index (χ0v) is 12.5. The van der Waals surface area contributed by atoms with Crippen LogP contribution in [0.15, 0.2) is 22.8 Å². The van der Waals surface area contributed by atoms with Crippen LogP contribution in [0.4, 0.5) is 13.2 Å². The van der Waals surface area contributed by atoms with E-state index in [9.17, 15) is 18.0 Å². The zero-order valence-electron chi connectivity index (χ0n) is 11.7. The van der Waals surface area contributed by atoms with Crippen LogP contribution in [-0.2, 0) is 17.5 Å². The summed E-state index contributed by atoms with van der Waals surface area (Å²) in [5.41, 5.74) is -1.12. The topological polar surface area (TPSA) is 60.1 Å². The molecule has 0 saturated heterocycles. The van der Waals surface area contributed by atoms with Crippen molar-refractivity contribution in [3.63, 3.8) is 0 Å². The molecule has 1 amide bonds. The fraction of sp³-hybridized carbons (Fsp3) is 0.385. The second kappa shape index (κ2) is 6.04. The number of furan rings is 1. The van der Waals surface area contributed by atoms with Crippen molar-refractivity contribution in [2.24, 2.45) is 0 Å². The molecule has 0 radical (unpaired) electrons. The predicted molar refractivity (Wildman–Crippen MR) is 72.2 cm³/mol. The molecule has 2 aromatic heterocycles. The van der Waals surface area contributed by atoms with Crippen LogP contribution in [0.2, 0.25) is 5.02 Å². The molecule has 2 aromatic rings. The Morgan fingerprint density at radius 2 is 2.23 bits per heavy atom. The highest BCUT2D eigenvalue weighted by molar-refractivity contribution is 6.32. The van der Waals surface area contributed by atoms with Crippen molar-refractivity contribution in [2.45, 2.75) is 32.6 Å². The Kier molecular flexibility index (Phi) is 4.50. The van der Waals surface area contributed by atoms with Gasteiger partial charge in [0.2, 0.25) is 5.91 Å². The molecule has 0 aliphatic rings. The summed E-state index contributed by atoms with van der Waals surface area (Å²) in [6.07, 6.45) is -3.21. The fourth-order valence-corrected chi connectivity index (χ4v) is 2.13. The number of nitrogens with zero attached hydrogens (tertiary/aromatic N) is 2. The smallest absolute Gasteiger partial charge is 0.436 e. The van der Waals surface area contributed by atoms with E-state index in [0.717, 1.165) is 4.68 Å². The van der Waals surface area contributed by atoms with Gasteiger partial charge in [0.05, 0.1) is 23.5 Å². The van der Waals surface area contributed by atoms with Gasteiger partial charge in [0.25, 0.3) is 0 Å². The van der Waals surface area contributed by atoms with Crippen molar-refractivity contribution >= 4 is 17.5 Å². The van der Waals surface area contributed by atoms with E-state index in [4.69, 9.17) is 16.0 Å². The predicted octanol–water partition coefficient (Wildman–Crippen LogP) is 3.33. The first kappa shape index (κ1) is 16.4. The van der Waals surface area contributed by atoms with Crippen LogP contribution in [0.1, 0.15) is 30.1 Å². The normalized spacial score (nSPS) is 13.2. The van der Waals surface area contributed by atoms with Crippen molar-refractivity contribution in [2.75, 3.05) is 0 Å². The quantitative estimate of drug-likeness (QED) is 0.932. The van der Waals surface area contributed by atoms with Gasteiger partial charge in [-0.25, -0.2) is 0 Å². The summed E-state index contributed by atoms with van der Waals surface area (Å²) in [5, 5.41) is 5.48. The number of aromatic nitrogens is 2. The number of alkyl halides is 3. The average molecular weight is 336 g/mol. The van der Waals surface area contributed by atoms with E-state index < -0.39 is 28.8 Å². The molecular weight excluding hydrogens is 323 g/mol. The number of nitrogens with one attached hydrogen (secondary N) is 1. The number of carbonyl (C=O) groups is 1. The van der Waals surface area contributed by atoms with Crippen LogP contribution in [0.3, 0.4) is 0 Å². The van der Waals surface area contributed by atoms with Gasteiger partial charge in [0, 0.05) is 0 Å². The minimum Gasteiger partial charge on any atom is -0.467 e. The van der Waals surface area contributed by atoms with E-state index in [1.54, 1.807) is 12.1 Å². The van der Waals surface area contributed by atoms with E-state index in [1.807, 2.05) is 0 Å². The minimum atomic E-state index is -4.67. The summed E-state index contributed by atoms with van der Waals surface area (Å²) in [5.74, 6) is 0.0409. The fourth-order valence-electron chi connectivity index (χ4n) is 1.90. The third kappa shape index (κ3) is 3.27. The van der Waals surface area contributed by atoms with Crippen LogP contribution in [0.25, 0.3) is 0 Å². The molecule has 5 nitrogen and oxygen atoms in total. The lowest BCUT2D eigenvalue weighted by molar-refractivity contribution is -0.141. The van der Waals surface area contributed by atoms with Crippen molar-refractivity contribution < 1.29 is 22.4 Å². The van der Waals surface area contributed by atoms with Gasteiger partial charge in [-0.05, 0) is 26.0 Å². The first-order chi connectivity index (χ1) is 10.2. The highest BCUT2D eigenvalue weighted by Crippen LogP contribution is 2.36. The molecule has 22 heavy (non-hydrogen) atoms.